The van der Waals surface area contributed by atoms with Gasteiger partial charge in [-0.15, -0.1) is 16.9 Å². The number of benzene rings is 1. The number of ether oxygens (including phenoxy) is 1. The van der Waals surface area contributed by atoms with Crippen molar-refractivity contribution >= 4 is 23.6 Å². The molecular weight excluding hydrogens is 386 g/mol. The van der Waals surface area contributed by atoms with Crippen molar-refractivity contribution in [2.75, 3.05) is 25.9 Å². The molecular formula is C20H27N7OS. The third kappa shape index (κ3) is 4.25. The van der Waals surface area contributed by atoms with Crippen molar-refractivity contribution < 1.29 is 4.74 Å². The number of likely N-dealkylation sites (tertiary alicyclic amines) is 1. The summed E-state index contributed by atoms with van der Waals surface area (Å²) in [7, 11) is 1.85. The molecule has 1 aromatic carbocycles. The molecule has 2 unspecified atom stereocenters. The van der Waals surface area contributed by atoms with E-state index in [1.807, 2.05) is 18.8 Å². The fourth-order valence-corrected chi connectivity index (χ4v) is 4.27. The molecule has 8 nitrogen and oxygen atoms in total. The summed E-state index contributed by atoms with van der Waals surface area (Å²) in [5.41, 5.74) is 14.5. The lowest BCUT2D eigenvalue weighted by Crippen LogP contribution is -2.32. The van der Waals surface area contributed by atoms with Crippen molar-refractivity contribution in [1.82, 2.24) is 19.9 Å². The van der Waals surface area contributed by atoms with E-state index in [0.717, 1.165) is 30.8 Å². The normalized spacial score (nSPS) is 21.6. The van der Waals surface area contributed by atoms with Crippen molar-refractivity contribution in [1.29, 1.82) is 0 Å². The molecule has 154 valence electrons. The highest BCUT2D eigenvalue weighted by Crippen LogP contribution is 2.32. The lowest BCUT2D eigenvalue weighted by atomic mass is 10.1. The Hall–Kier alpha value is -2.52. The van der Waals surface area contributed by atoms with E-state index in [-0.39, 0.29) is 6.04 Å². The molecule has 29 heavy (non-hydrogen) atoms. The minimum Gasteiger partial charge on any atom is -0.432 e. The number of anilines is 1. The van der Waals surface area contributed by atoms with Gasteiger partial charge in [-0.2, -0.15) is 0 Å². The number of thioether (sulfide) groups is 1. The van der Waals surface area contributed by atoms with E-state index in [1.54, 1.807) is 11.2 Å². The smallest absolute Gasteiger partial charge is 0.311 e. The van der Waals surface area contributed by atoms with Gasteiger partial charge in [-0.1, -0.05) is 26.0 Å². The Morgan fingerprint density at radius 3 is 2.66 bits per heavy atom. The van der Waals surface area contributed by atoms with Gasteiger partial charge < -0.3 is 21.1 Å². The van der Waals surface area contributed by atoms with Crippen LogP contribution in [0.3, 0.4) is 0 Å². The van der Waals surface area contributed by atoms with Gasteiger partial charge in [0.2, 0.25) is 6.23 Å². The fraction of sp³-hybridized carbons (Fsp3) is 0.450. The minimum absolute atomic E-state index is 0.149. The molecule has 0 radical (unpaired) electrons. The van der Waals surface area contributed by atoms with Crippen LogP contribution in [0.5, 0.6) is 0 Å². The summed E-state index contributed by atoms with van der Waals surface area (Å²) in [6.45, 7) is 5.94. The van der Waals surface area contributed by atoms with Crippen LogP contribution in [-0.2, 0) is 4.74 Å². The number of rotatable bonds is 4. The zero-order chi connectivity index (χ0) is 20.5. The standard InChI is InChI=1S/C20H27N7OS/c1-12(2)29-15-6-4-13(5-7-15)16-10-23-18(22)17(24-16)19-26(3)25-20(28-19)27-9-8-14(21)11-27/h4-7,10,12,14,19H,8-9,11,21H2,1-3H3,(H2,22,23). The van der Waals surface area contributed by atoms with E-state index in [0.29, 0.717) is 22.8 Å². The molecule has 1 fully saturated rings. The lowest BCUT2D eigenvalue weighted by Gasteiger charge is -2.20. The molecule has 0 saturated carbocycles. The Bertz CT molecular complexity index is 902. The molecule has 2 aromatic rings. The molecule has 1 aromatic heterocycles. The highest BCUT2D eigenvalue weighted by molar-refractivity contribution is 7.99. The van der Waals surface area contributed by atoms with Gasteiger partial charge in [0.25, 0.3) is 0 Å². The molecule has 0 bridgehead atoms. The van der Waals surface area contributed by atoms with Gasteiger partial charge in [-0.3, -0.25) is 5.01 Å². The first-order valence-electron chi connectivity index (χ1n) is 9.79. The van der Waals surface area contributed by atoms with Gasteiger partial charge in [0, 0.05) is 41.9 Å². The molecule has 0 spiro atoms. The van der Waals surface area contributed by atoms with E-state index < -0.39 is 6.23 Å². The Balaban J connectivity index is 1.55. The van der Waals surface area contributed by atoms with E-state index in [9.17, 15) is 0 Å². The second-order valence-electron chi connectivity index (χ2n) is 7.64. The van der Waals surface area contributed by atoms with Crippen LogP contribution in [0.4, 0.5) is 5.82 Å². The highest BCUT2D eigenvalue weighted by atomic mass is 32.2. The Morgan fingerprint density at radius 1 is 1.24 bits per heavy atom. The van der Waals surface area contributed by atoms with Crippen LogP contribution >= 0.6 is 11.8 Å². The molecule has 2 aliphatic heterocycles. The number of hydrogen-bond donors (Lipinski definition) is 2. The fourth-order valence-electron chi connectivity index (χ4n) is 3.43. The SMILES string of the molecule is CC(C)Sc1ccc(-c2cnc(N)c(C3OC(N4CCC(N)C4)=NN3C)n2)cc1. The van der Waals surface area contributed by atoms with Crippen LogP contribution in [0.1, 0.15) is 32.2 Å². The topological polar surface area (TPSA) is 106 Å². The molecule has 9 heteroatoms. The van der Waals surface area contributed by atoms with Crippen molar-refractivity contribution in [3.63, 3.8) is 0 Å². The number of aromatic nitrogens is 2. The summed E-state index contributed by atoms with van der Waals surface area (Å²) in [5.74, 6) is 0.340. The predicted octanol–water partition coefficient (Wildman–Crippen LogP) is 2.49. The average molecular weight is 414 g/mol. The van der Waals surface area contributed by atoms with Crippen LogP contribution in [0.15, 0.2) is 40.5 Å². The third-order valence-electron chi connectivity index (χ3n) is 4.88. The largest absolute Gasteiger partial charge is 0.432 e. The molecule has 4 N–H and O–H groups in total. The summed E-state index contributed by atoms with van der Waals surface area (Å²) in [6.07, 6.45) is 2.11. The van der Waals surface area contributed by atoms with Gasteiger partial charge >= 0.3 is 6.02 Å². The number of hydrazone groups is 1. The van der Waals surface area contributed by atoms with Crippen LogP contribution in [0.25, 0.3) is 11.3 Å². The monoisotopic (exact) mass is 413 g/mol. The van der Waals surface area contributed by atoms with Gasteiger partial charge in [0.1, 0.15) is 5.69 Å². The molecule has 1 saturated heterocycles. The van der Waals surface area contributed by atoms with Gasteiger partial charge in [0.15, 0.2) is 5.82 Å². The van der Waals surface area contributed by atoms with E-state index in [1.165, 1.54) is 4.90 Å². The van der Waals surface area contributed by atoms with Crippen LogP contribution in [0.2, 0.25) is 0 Å². The number of hydrogen-bond acceptors (Lipinski definition) is 9. The highest BCUT2D eigenvalue weighted by Gasteiger charge is 2.35. The quantitative estimate of drug-likeness (QED) is 0.737. The maximum absolute atomic E-state index is 6.14. The molecule has 0 amide bonds. The van der Waals surface area contributed by atoms with Crippen LogP contribution in [-0.4, -0.2) is 57.3 Å². The number of nitrogen functional groups attached to an aromatic ring is 1. The first-order chi connectivity index (χ1) is 13.9. The van der Waals surface area contributed by atoms with Crippen LogP contribution < -0.4 is 11.5 Å². The van der Waals surface area contributed by atoms with E-state index in [4.69, 9.17) is 21.2 Å². The maximum atomic E-state index is 6.14. The van der Waals surface area contributed by atoms with Crippen molar-refractivity contribution in [2.24, 2.45) is 10.8 Å². The minimum atomic E-state index is -0.509. The third-order valence-corrected chi connectivity index (χ3v) is 5.90. The van der Waals surface area contributed by atoms with Crippen molar-refractivity contribution in [3.05, 3.63) is 36.2 Å². The summed E-state index contributed by atoms with van der Waals surface area (Å²) < 4.78 is 6.09. The number of nitrogens with zero attached hydrogens (tertiary/aromatic N) is 5. The maximum Gasteiger partial charge on any atom is 0.311 e. The molecule has 2 atom stereocenters. The van der Waals surface area contributed by atoms with Gasteiger partial charge in [0.05, 0.1) is 11.9 Å². The summed E-state index contributed by atoms with van der Waals surface area (Å²) in [6, 6.07) is 9.03. The second-order valence-corrected chi connectivity index (χ2v) is 9.29. The lowest BCUT2D eigenvalue weighted by molar-refractivity contribution is 0.0643. The number of nitrogens with two attached hydrogens (primary N) is 2. The average Bonchev–Trinajstić information content (AvgIpc) is 3.28. The predicted molar refractivity (Wildman–Crippen MR) is 116 cm³/mol. The second kappa shape index (κ2) is 8.08. The Kier molecular flexibility index (Phi) is 5.51. The van der Waals surface area contributed by atoms with Crippen molar-refractivity contribution in [3.8, 4) is 11.3 Å². The summed E-state index contributed by atoms with van der Waals surface area (Å²) in [5, 5.41) is 6.79. The molecule has 0 aliphatic carbocycles. The molecule has 3 heterocycles. The molecule has 2 aliphatic rings. The van der Waals surface area contributed by atoms with E-state index in [2.05, 4.69) is 53.1 Å². The zero-order valence-corrected chi connectivity index (χ0v) is 17.8. The van der Waals surface area contributed by atoms with Gasteiger partial charge in [-0.05, 0) is 18.6 Å². The molecule has 4 rings (SSSR count). The summed E-state index contributed by atoms with van der Waals surface area (Å²) in [4.78, 5) is 12.4. The van der Waals surface area contributed by atoms with E-state index >= 15 is 0 Å². The Labute approximate surface area is 175 Å². The zero-order valence-electron chi connectivity index (χ0n) is 16.9. The first-order valence-corrected chi connectivity index (χ1v) is 10.7. The van der Waals surface area contributed by atoms with Crippen molar-refractivity contribution in [2.45, 2.75) is 42.7 Å². The summed E-state index contributed by atoms with van der Waals surface area (Å²) >= 11 is 1.83. The van der Waals surface area contributed by atoms with Gasteiger partial charge in [-0.25, -0.2) is 9.97 Å². The number of amidine groups is 1. The first kappa shape index (κ1) is 19.8. The Morgan fingerprint density at radius 2 is 2.00 bits per heavy atom. The van der Waals surface area contributed by atoms with Crippen LogP contribution in [0, 0.1) is 0 Å².